The van der Waals surface area contributed by atoms with Crippen molar-refractivity contribution in [2.24, 2.45) is 0 Å². The van der Waals surface area contributed by atoms with Gasteiger partial charge in [-0.2, -0.15) is 0 Å². The number of amides is 8. The summed E-state index contributed by atoms with van der Waals surface area (Å²) in [4.78, 5) is 72.1. The molecule has 0 aliphatic heterocycles. The summed E-state index contributed by atoms with van der Waals surface area (Å²) in [6.45, 7) is 0. The number of imide groups is 4. The van der Waals surface area contributed by atoms with E-state index in [-0.39, 0.29) is 77.5 Å². The maximum absolute atomic E-state index is 9.01. The van der Waals surface area contributed by atoms with Crippen LogP contribution in [0.2, 0.25) is 0 Å². The molecule has 0 heterocycles. The molecule has 12 nitrogen and oxygen atoms in total. The number of hydrogen-bond acceptors (Lipinski definition) is 8. The van der Waals surface area contributed by atoms with Gasteiger partial charge in [-0.1, -0.05) is 0 Å². The summed E-state index contributed by atoms with van der Waals surface area (Å²) in [7, 11) is 0. The summed E-state index contributed by atoms with van der Waals surface area (Å²) >= 11 is 0. The van der Waals surface area contributed by atoms with Crippen LogP contribution in [-0.4, -0.2) is 51.3 Å². The van der Waals surface area contributed by atoms with Gasteiger partial charge in [0.05, 0.1) is 0 Å². The zero-order valence-corrected chi connectivity index (χ0v) is 12.6. The molecule has 0 saturated carbocycles. The molecule has 21 heavy (non-hydrogen) atoms. The molecule has 0 unspecified atom stereocenters. The molecule has 8 amide bonds. The van der Waals surface area contributed by atoms with E-state index in [0.717, 1.165) is 0 Å². The van der Waals surface area contributed by atoms with Crippen LogP contribution < -0.4 is 0 Å². The van der Waals surface area contributed by atoms with Crippen LogP contribution in [0.4, 0.5) is 0 Å². The SMILES string of the molecule is O=C[N-]C=O.O=C[N-]C=O.O=C[N-]C=O.O=C[N-]C=O.[Zr+4]. The Bertz CT molecular complexity index is 209. The first kappa shape index (κ1) is 31.1. The van der Waals surface area contributed by atoms with Crippen LogP contribution in [0.1, 0.15) is 0 Å². The minimum Gasteiger partial charge on any atom is -0.602 e. The molecular formula is C8H8N4O8Zr. The van der Waals surface area contributed by atoms with Crippen molar-refractivity contribution < 1.29 is 64.6 Å². The summed E-state index contributed by atoms with van der Waals surface area (Å²) in [6.07, 6.45) is 1.50. The molecule has 0 spiro atoms. The Labute approximate surface area is 137 Å². The second kappa shape index (κ2) is 52.9. The molecule has 0 aliphatic carbocycles. The van der Waals surface area contributed by atoms with E-state index in [1.54, 1.807) is 0 Å². The quantitative estimate of drug-likeness (QED) is 0.463. The van der Waals surface area contributed by atoms with Gasteiger partial charge < -0.3 is 59.6 Å². The van der Waals surface area contributed by atoms with Crippen molar-refractivity contribution in [2.75, 3.05) is 0 Å². The average Bonchev–Trinajstić information content (AvgIpc) is 2.44. The number of carbonyl (C=O) groups excluding carboxylic acids is 8. The molecule has 0 aromatic heterocycles. The monoisotopic (exact) mass is 378 g/mol. The van der Waals surface area contributed by atoms with Crippen LogP contribution >= 0.6 is 0 Å². The Morgan fingerprint density at radius 2 is 0.429 bits per heavy atom. The van der Waals surface area contributed by atoms with E-state index in [9.17, 15) is 0 Å². The first-order chi connectivity index (χ1) is 9.66. The largest absolute Gasteiger partial charge is 4.00 e. The first-order valence-electron chi connectivity index (χ1n) is 3.95. The van der Waals surface area contributed by atoms with Gasteiger partial charge in [-0.3, -0.25) is 0 Å². The molecular weight excluding hydrogens is 371 g/mol. The fraction of sp³-hybridized carbons (Fsp3) is 0. The molecule has 0 bridgehead atoms. The van der Waals surface area contributed by atoms with Crippen LogP contribution in [0.25, 0.3) is 21.3 Å². The number of hydrogen-bond donors (Lipinski definition) is 0. The van der Waals surface area contributed by atoms with Crippen LogP contribution in [0, 0.1) is 0 Å². The van der Waals surface area contributed by atoms with E-state index in [1.807, 2.05) is 0 Å². The summed E-state index contributed by atoms with van der Waals surface area (Å²) in [5.41, 5.74) is 0. The van der Waals surface area contributed by atoms with Crippen molar-refractivity contribution >= 4 is 51.3 Å². The predicted octanol–water partition coefficient (Wildman–Crippen LogP) is -1.31. The van der Waals surface area contributed by atoms with E-state index >= 15 is 0 Å². The first-order valence-corrected chi connectivity index (χ1v) is 3.95. The van der Waals surface area contributed by atoms with Gasteiger partial charge in [0.1, 0.15) is 0 Å². The standard InChI is InChI=1S/4C2H3NO2.Zr/c4*4-1-3-2-5;/h4*1-2H,(H,3,4,5);/q;;;;+4/p-4. The maximum atomic E-state index is 9.01. The van der Waals surface area contributed by atoms with Crippen molar-refractivity contribution in [3.63, 3.8) is 0 Å². The van der Waals surface area contributed by atoms with Crippen LogP contribution in [0.3, 0.4) is 0 Å². The molecule has 0 aromatic rings. The third kappa shape index (κ3) is 140. The molecule has 0 saturated heterocycles. The summed E-state index contributed by atoms with van der Waals surface area (Å²) in [5.74, 6) is 0. The molecule has 0 N–H and O–H groups in total. The molecule has 13 heteroatoms. The van der Waals surface area contributed by atoms with E-state index in [2.05, 4.69) is 21.3 Å². The number of carbonyl (C=O) groups is 8. The fourth-order valence-corrected chi connectivity index (χ4v) is 0.0994. The Morgan fingerprint density at radius 1 is 0.333 bits per heavy atom. The average molecular weight is 379 g/mol. The summed E-state index contributed by atoms with van der Waals surface area (Å²) in [5, 5.41) is 10.4. The molecule has 0 aromatic carbocycles. The molecule has 0 aliphatic rings. The van der Waals surface area contributed by atoms with Crippen LogP contribution in [0.15, 0.2) is 0 Å². The van der Waals surface area contributed by atoms with E-state index in [1.165, 1.54) is 0 Å². The number of rotatable bonds is 8. The Morgan fingerprint density at radius 3 is 0.429 bits per heavy atom. The minimum atomic E-state index is 0. The van der Waals surface area contributed by atoms with Gasteiger partial charge in [-0.05, 0) is 0 Å². The van der Waals surface area contributed by atoms with Gasteiger partial charge in [0.25, 0.3) is 0 Å². The van der Waals surface area contributed by atoms with Crippen molar-refractivity contribution in [3.8, 4) is 0 Å². The van der Waals surface area contributed by atoms with Gasteiger partial charge in [0.2, 0.25) is 0 Å². The molecule has 0 rings (SSSR count). The second-order valence-corrected chi connectivity index (χ2v) is 1.44. The third-order valence-corrected chi connectivity index (χ3v) is 0.487. The van der Waals surface area contributed by atoms with Crippen molar-refractivity contribution in [1.29, 1.82) is 0 Å². The second-order valence-electron chi connectivity index (χ2n) is 1.44. The van der Waals surface area contributed by atoms with Gasteiger partial charge >= 0.3 is 26.2 Å². The zero-order valence-electron chi connectivity index (χ0n) is 10.2. The van der Waals surface area contributed by atoms with Crippen molar-refractivity contribution in [3.05, 3.63) is 21.3 Å². The van der Waals surface area contributed by atoms with Crippen molar-refractivity contribution in [2.45, 2.75) is 0 Å². The molecule has 0 radical (unpaired) electrons. The minimum absolute atomic E-state index is 0. The molecule has 0 fully saturated rings. The third-order valence-electron chi connectivity index (χ3n) is 0.487. The van der Waals surface area contributed by atoms with Gasteiger partial charge in [0, 0.05) is 51.3 Å². The maximum Gasteiger partial charge on any atom is 4.00 e. The zero-order chi connectivity index (χ0) is 16.5. The van der Waals surface area contributed by atoms with Gasteiger partial charge in [-0.15, -0.1) is 0 Å². The molecule has 112 valence electrons. The molecule has 0 atom stereocenters. The van der Waals surface area contributed by atoms with E-state index in [4.69, 9.17) is 38.4 Å². The van der Waals surface area contributed by atoms with E-state index < -0.39 is 0 Å². The van der Waals surface area contributed by atoms with E-state index in [0.29, 0.717) is 0 Å². The Balaban J connectivity index is -0.0000000533. The van der Waals surface area contributed by atoms with Gasteiger partial charge in [-0.25, -0.2) is 0 Å². The summed E-state index contributed by atoms with van der Waals surface area (Å²) < 4.78 is 0. The Kier molecular flexibility index (Phi) is 78.2. The van der Waals surface area contributed by atoms with Gasteiger partial charge in [0.15, 0.2) is 0 Å². The van der Waals surface area contributed by atoms with Crippen molar-refractivity contribution in [1.82, 2.24) is 0 Å². The topological polar surface area (TPSA) is 193 Å². The van der Waals surface area contributed by atoms with Crippen LogP contribution in [0.5, 0.6) is 0 Å². The summed E-state index contributed by atoms with van der Waals surface area (Å²) in [6, 6.07) is 0. The number of nitrogens with zero attached hydrogens (tertiary/aromatic N) is 4. The predicted molar refractivity (Wildman–Crippen MR) is 61.9 cm³/mol. The smallest absolute Gasteiger partial charge is 0.602 e. The fourth-order valence-electron chi connectivity index (χ4n) is 0.0994. The Hall–Kier alpha value is -2.56. The van der Waals surface area contributed by atoms with Crippen LogP contribution in [-0.2, 0) is 64.6 Å². The normalized spacial score (nSPS) is 5.33.